The molecule has 11 heavy (non-hydrogen) atoms. The lowest BCUT2D eigenvalue weighted by atomic mass is 9.92. The topological polar surface area (TPSA) is 38.0 Å². The monoisotopic (exact) mass is 152 g/mol. The fourth-order valence-corrected chi connectivity index (χ4v) is 1.53. The van der Waals surface area contributed by atoms with Gasteiger partial charge in [-0.2, -0.15) is 0 Å². The first kappa shape index (κ1) is 8.58. The van der Waals surface area contributed by atoms with Gasteiger partial charge in [0.1, 0.15) is 0 Å². The molecule has 1 aliphatic rings. The number of terminal acetylenes is 1. The number of hydrogen-bond acceptors (Lipinski definition) is 2. The van der Waals surface area contributed by atoms with E-state index < -0.39 is 0 Å². The average molecular weight is 152 g/mol. The Bertz CT molecular complexity index is 140. The van der Waals surface area contributed by atoms with Crippen molar-refractivity contribution >= 4 is 0 Å². The Morgan fingerprint density at radius 2 is 2.00 bits per heavy atom. The van der Waals surface area contributed by atoms with Crippen LogP contribution < -0.4 is 11.1 Å². The highest BCUT2D eigenvalue weighted by Crippen LogP contribution is 2.16. The van der Waals surface area contributed by atoms with Crippen LogP contribution in [0.25, 0.3) is 0 Å². The van der Waals surface area contributed by atoms with Crippen LogP contribution in [0.4, 0.5) is 0 Å². The molecule has 62 valence electrons. The number of rotatable bonds is 2. The minimum Gasteiger partial charge on any atom is -0.328 e. The molecule has 0 heterocycles. The first-order valence-corrected chi connectivity index (χ1v) is 4.25. The Balaban J connectivity index is 2.13. The Morgan fingerprint density at radius 3 is 2.55 bits per heavy atom. The van der Waals surface area contributed by atoms with Crippen molar-refractivity contribution in [2.75, 3.05) is 6.54 Å². The highest BCUT2D eigenvalue weighted by Gasteiger charge is 2.16. The smallest absolute Gasteiger partial charge is 0.0575 e. The fourth-order valence-electron chi connectivity index (χ4n) is 1.53. The maximum absolute atomic E-state index is 5.76. The molecule has 1 saturated carbocycles. The van der Waals surface area contributed by atoms with Crippen molar-refractivity contribution in [1.82, 2.24) is 5.32 Å². The number of hydrogen-bond donors (Lipinski definition) is 2. The largest absolute Gasteiger partial charge is 0.328 e. The molecule has 0 radical (unpaired) electrons. The van der Waals surface area contributed by atoms with Crippen molar-refractivity contribution in [3.05, 3.63) is 0 Å². The third-order valence-corrected chi connectivity index (χ3v) is 2.26. The Labute approximate surface area is 68.5 Å². The van der Waals surface area contributed by atoms with Gasteiger partial charge in [-0.15, -0.1) is 6.42 Å². The van der Waals surface area contributed by atoms with Gasteiger partial charge in [0.15, 0.2) is 0 Å². The molecule has 0 amide bonds. The summed E-state index contributed by atoms with van der Waals surface area (Å²) >= 11 is 0. The van der Waals surface area contributed by atoms with Gasteiger partial charge in [-0.05, 0) is 25.7 Å². The summed E-state index contributed by atoms with van der Waals surface area (Å²) in [5.41, 5.74) is 5.76. The molecule has 1 rings (SSSR count). The van der Waals surface area contributed by atoms with Crippen LogP contribution in [0.2, 0.25) is 0 Å². The number of nitrogens with two attached hydrogens (primary N) is 1. The molecule has 3 N–H and O–H groups in total. The normalized spacial score (nSPS) is 31.3. The molecule has 0 aliphatic heterocycles. The van der Waals surface area contributed by atoms with Gasteiger partial charge in [0.2, 0.25) is 0 Å². The fraction of sp³-hybridized carbons (Fsp3) is 0.778. The summed E-state index contributed by atoms with van der Waals surface area (Å²) in [5.74, 6) is 2.58. The molecule has 0 atom stereocenters. The van der Waals surface area contributed by atoms with Crippen molar-refractivity contribution in [2.45, 2.75) is 37.8 Å². The van der Waals surface area contributed by atoms with Crippen molar-refractivity contribution < 1.29 is 0 Å². The molecule has 0 aromatic carbocycles. The van der Waals surface area contributed by atoms with E-state index in [2.05, 4.69) is 11.2 Å². The van der Waals surface area contributed by atoms with Gasteiger partial charge in [0.25, 0.3) is 0 Å². The standard InChI is InChI=1S/C9H16N2/c1-2-7-11-9-5-3-8(10)4-6-9/h1,8-9,11H,3-7,10H2. The van der Waals surface area contributed by atoms with E-state index in [1.807, 2.05) is 0 Å². The zero-order valence-electron chi connectivity index (χ0n) is 6.84. The Morgan fingerprint density at radius 1 is 1.36 bits per heavy atom. The van der Waals surface area contributed by atoms with E-state index in [-0.39, 0.29) is 0 Å². The minimum atomic E-state index is 0.430. The molecule has 0 unspecified atom stereocenters. The third kappa shape index (κ3) is 2.92. The Kier molecular flexibility index (Phi) is 3.41. The van der Waals surface area contributed by atoms with Crippen LogP contribution in [0.1, 0.15) is 25.7 Å². The van der Waals surface area contributed by atoms with Crippen LogP contribution in [0, 0.1) is 12.3 Å². The van der Waals surface area contributed by atoms with E-state index in [1.165, 1.54) is 12.8 Å². The lowest BCUT2D eigenvalue weighted by Gasteiger charge is -2.26. The van der Waals surface area contributed by atoms with E-state index in [9.17, 15) is 0 Å². The molecule has 0 saturated heterocycles. The maximum atomic E-state index is 5.76. The lowest BCUT2D eigenvalue weighted by molar-refractivity contribution is 0.352. The molecule has 1 aliphatic carbocycles. The summed E-state index contributed by atoms with van der Waals surface area (Å²) in [5, 5.41) is 3.30. The summed E-state index contributed by atoms with van der Waals surface area (Å²) in [6.07, 6.45) is 9.78. The van der Waals surface area contributed by atoms with Gasteiger partial charge in [-0.25, -0.2) is 0 Å². The SMILES string of the molecule is C#CCNC1CCC(N)CC1. The second kappa shape index (κ2) is 4.38. The summed E-state index contributed by atoms with van der Waals surface area (Å²) in [6, 6.07) is 1.05. The molecule has 0 bridgehead atoms. The summed E-state index contributed by atoms with van der Waals surface area (Å²) < 4.78 is 0. The van der Waals surface area contributed by atoms with E-state index >= 15 is 0 Å². The van der Waals surface area contributed by atoms with Gasteiger partial charge < -0.3 is 11.1 Å². The predicted molar refractivity (Wildman–Crippen MR) is 47.1 cm³/mol. The molecule has 1 fully saturated rings. The van der Waals surface area contributed by atoms with Crippen LogP contribution >= 0.6 is 0 Å². The first-order valence-electron chi connectivity index (χ1n) is 4.25. The minimum absolute atomic E-state index is 0.430. The third-order valence-electron chi connectivity index (χ3n) is 2.26. The van der Waals surface area contributed by atoms with Gasteiger partial charge >= 0.3 is 0 Å². The highest BCUT2D eigenvalue weighted by molar-refractivity contribution is 4.89. The highest BCUT2D eigenvalue weighted by atomic mass is 14.9. The van der Waals surface area contributed by atoms with Crippen LogP contribution in [-0.4, -0.2) is 18.6 Å². The van der Waals surface area contributed by atoms with Crippen molar-refractivity contribution in [3.8, 4) is 12.3 Å². The maximum Gasteiger partial charge on any atom is 0.0575 e. The first-order chi connectivity index (χ1) is 5.33. The zero-order chi connectivity index (χ0) is 8.10. The quantitative estimate of drug-likeness (QED) is 0.565. The van der Waals surface area contributed by atoms with Crippen molar-refractivity contribution in [1.29, 1.82) is 0 Å². The van der Waals surface area contributed by atoms with Crippen LogP contribution in [0.5, 0.6) is 0 Å². The summed E-state index contributed by atoms with van der Waals surface area (Å²) in [7, 11) is 0. The second-order valence-electron chi connectivity index (χ2n) is 3.20. The molecular weight excluding hydrogens is 136 g/mol. The summed E-state index contributed by atoms with van der Waals surface area (Å²) in [6.45, 7) is 0.694. The molecule has 0 spiro atoms. The summed E-state index contributed by atoms with van der Waals surface area (Å²) in [4.78, 5) is 0. The molecule has 2 nitrogen and oxygen atoms in total. The Hall–Kier alpha value is -0.520. The lowest BCUT2D eigenvalue weighted by Crippen LogP contribution is -2.37. The van der Waals surface area contributed by atoms with Gasteiger partial charge in [0.05, 0.1) is 6.54 Å². The van der Waals surface area contributed by atoms with E-state index in [4.69, 9.17) is 12.2 Å². The van der Waals surface area contributed by atoms with E-state index in [1.54, 1.807) is 0 Å². The molecular formula is C9H16N2. The van der Waals surface area contributed by atoms with Gasteiger partial charge in [-0.1, -0.05) is 5.92 Å². The molecule has 2 heteroatoms. The predicted octanol–water partition coefficient (Wildman–Crippen LogP) is 0.479. The van der Waals surface area contributed by atoms with Crippen molar-refractivity contribution in [2.24, 2.45) is 5.73 Å². The molecule has 0 aromatic rings. The molecule has 0 aromatic heterocycles. The van der Waals surface area contributed by atoms with Crippen LogP contribution in [0.3, 0.4) is 0 Å². The van der Waals surface area contributed by atoms with Gasteiger partial charge in [-0.3, -0.25) is 0 Å². The van der Waals surface area contributed by atoms with Crippen LogP contribution in [0.15, 0.2) is 0 Å². The number of nitrogens with one attached hydrogen (secondary N) is 1. The van der Waals surface area contributed by atoms with E-state index in [0.29, 0.717) is 18.6 Å². The van der Waals surface area contributed by atoms with Crippen LogP contribution in [-0.2, 0) is 0 Å². The van der Waals surface area contributed by atoms with Gasteiger partial charge in [0, 0.05) is 12.1 Å². The zero-order valence-corrected chi connectivity index (χ0v) is 6.84. The second-order valence-corrected chi connectivity index (χ2v) is 3.20. The average Bonchev–Trinajstić information content (AvgIpc) is 2.04. The van der Waals surface area contributed by atoms with E-state index in [0.717, 1.165) is 12.8 Å². The van der Waals surface area contributed by atoms with Crippen molar-refractivity contribution in [3.63, 3.8) is 0 Å².